The number of hydrogen-bond donors (Lipinski definition) is 1. The molecule has 1 aromatic heterocycles. The Morgan fingerprint density at radius 3 is 2.76 bits per heavy atom. The summed E-state index contributed by atoms with van der Waals surface area (Å²) in [4.78, 5) is 12.5. The fourth-order valence-corrected chi connectivity index (χ4v) is 3.94. The summed E-state index contributed by atoms with van der Waals surface area (Å²) in [5, 5.41) is 4.15. The molecule has 1 amide bonds. The number of anilines is 1. The maximum atomic E-state index is 12.5. The summed E-state index contributed by atoms with van der Waals surface area (Å²) in [7, 11) is 0. The van der Waals surface area contributed by atoms with Crippen LogP contribution in [0.3, 0.4) is 0 Å². The molecule has 0 atom stereocenters. The highest BCUT2D eigenvalue weighted by Gasteiger charge is 2.13. The lowest BCUT2D eigenvalue weighted by Crippen LogP contribution is -2.14. The molecule has 0 bridgehead atoms. The molecular weight excluding hydrogens is 360 g/mol. The Hall–Kier alpha value is -3.53. The number of aromatic nitrogens is 1. The van der Waals surface area contributed by atoms with Gasteiger partial charge in [-0.15, -0.1) is 0 Å². The second kappa shape index (κ2) is 7.47. The van der Waals surface area contributed by atoms with E-state index >= 15 is 0 Å². The number of benzene rings is 3. The zero-order chi connectivity index (χ0) is 19.6. The van der Waals surface area contributed by atoms with Crippen LogP contribution in [0, 0.1) is 0 Å². The maximum Gasteiger partial charge on any atom is 0.228 e. The van der Waals surface area contributed by atoms with Gasteiger partial charge in [0.05, 0.1) is 13.0 Å². The first-order valence-corrected chi connectivity index (χ1v) is 9.92. The highest BCUT2D eigenvalue weighted by Crippen LogP contribution is 2.26. The number of nitrogens with one attached hydrogen (secondary N) is 1. The van der Waals surface area contributed by atoms with Crippen LogP contribution in [0.15, 0.2) is 79.0 Å². The van der Waals surface area contributed by atoms with Gasteiger partial charge in [-0.1, -0.05) is 42.5 Å². The minimum Gasteiger partial charge on any atom is -0.493 e. The van der Waals surface area contributed by atoms with Crippen LogP contribution >= 0.6 is 0 Å². The fraction of sp³-hybridized carbons (Fsp3) is 0.160. The molecule has 1 aliphatic heterocycles. The first-order valence-electron chi connectivity index (χ1n) is 9.92. The van der Waals surface area contributed by atoms with Crippen LogP contribution in [-0.2, 0) is 24.2 Å². The van der Waals surface area contributed by atoms with Crippen molar-refractivity contribution in [1.29, 1.82) is 0 Å². The summed E-state index contributed by atoms with van der Waals surface area (Å²) in [6.07, 6.45) is 3.37. The highest BCUT2D eigenvalue weighted by atomic mass is 16.5. The summed E-state index contributed by atoms with van der Waals surface area (Å²) in [6.45, 7) is 1.56. The van der Waals surface area contributed by atoms with Crippen LogP contribution in [0.5, 0.6) is 5.75 Å². The molecule has 0 aliphatic carbocycles. The van der Waals surface area contributed by atoms with Gasteiger partial charge >= 0.3 is 0 Å². The van der Waals surface area contributed by atoms with Gasteiger partial charge in [-0.05, 0) is 47.0 Å². The second-order valence-electron chi connectivity index (χ2n) is 7.47. The molecule has 0 radical (unpaired) electrons. The van der Waals surface area contributed by atoms with E-state index in [0.29, 0.717) is 6.42 Å². The lowest BCUT2D eigenvalue weighted by molar-refractivity contribution is -0.115. The number of fused-ring (bicyclic) bond motifs is 2. The third kappa shape index (κ3) is 3.74. The van der Waals surface area contributed by atoms with Gasteiger partial charge in [0.25, 0.3) is 0 Å². The molecule has 0 saturated heterocycles. The van der Waals surface area contributed by atoms with E-state index in [2.05, 4.69) is 58.5 Å². The minimum atomic E-state index is -0.00747. The van der Waals surface area contributed by atoms with E-state index in [4.69, 9.17) is 4.74 Å². The second-order valence-corrected chi connectivity index (χ2v) is 7.47. The molecule has 0 fully saturated rings. The molecule has 2 heterocycles. The van der Waals surface area contributed by atoms with Gasteiger partial charge in [-0.25, -0.2) is 0 Å². The Morgan fingerprint density at radius 1 is 0.966 bits per heavy atom. The quantitative estimate of drug-likeness (QED) is 0.538. The molecule has 4 nitrogen and oxygen atoms in total. The summed E-state index contributed by atoms with van der Waals surface area (Å²) >= 11 is 0. The maximum absolute atomic E-state index is 12.5. The van der Waals surface area contributed by atoms with Gasteiger partial charge in [0, 0.05) is 35.8 Å². The van der Waals surface area contributed by atoms with Gasteiger partial charge < -0.3 is 14.6 Å². The van der Waals surface area contributed by atoms with Crippen LogP contribution < -0.4 is 10.1 Å². The Kier molecular flexibility index (Phi) is 4.53. The van der Waals surface area contributed by atoms with Crippen molar-refractivity contribution < 1.29 is 9.53 Å². The van der Waals surface area contributed by atoms with E-state index in [1.54, 1.807) is 0 Å². The van der Waals surface area contributed by atoms with Crippen molar-refractivity contribution in [3.8, 4) is 5.75 Å². The third-order valence-electron chi connectivity index (χ3n) is 5.37. The zero-order valence-electron chi connectivity index (χ0n) is 16.1. The van der Waals surface area contributed by atoms with Crippen molar-refractivity contribution in [2.24, 2.45) is 0 Å². The van der Waals surface area contributed by atoms with Gasteiger partial charge in [-0.3, -0.25) is 4.79 Å². The SMILES string of the molecule is O=C(Cc1ccc2c(c1)CCO2)Nc1ccc2c(ccn2Cc2ccccc2)c1. The number of carbonyl (C=O) groups is 1. The van der Waals surface area contributed by atoms with Crippen molar-refractivity contribution in [2.75, 3.05) is 11.9 Å². The molecule has 4 heteroatoms. The number of ether oxygens (including phenoxy) is 1. The molecule has 0 spiro atoms. The van der Waals surface area contributed by atoms with E-state index < -0.39 is 0 Å². The monoisotopic (exact) mass is 382 g/mol. The van der Waals surface area contributed by atoms with E-state index in [1.807, 2.05) is 30.3 Å². The molecule has 144 valence electrons. The molecular formula is C25H22N2O2. The normalized spacial score (nSPS) is 12.6. The number of rotatable bonds is 5. The predicted octanol–water partition coefficient (Wildman–Crippen LogP) is 4.81. The lowest BCUT2D eigenvalue weighted by Gasteiger charge is -2.09. The third-order valence-corrected chi connectivity index (χ3v) is 5.37. The van der Waals surface area contributed by atoms with Crippen molar-refractivity contribution in [1.82, 2.24) is 4.57 Å². The van der Waals surface area contributed by atoms with Gasteiger partial charge in [0.2, 0.25) is 5.91 Å². The number of hydrogen-bond acceptors (Lipinski definition) is 2. The summed E-state index contributed by atoms with van der Waals surface area (Å²) < 4.78 is 7.76. The predicted molar refractivity (Wildman–Crippen MR) is 115 cm³/mol. The topological polar surface area (TPSA) is 43.3 Å². The Morgan fingerprint density at radius 2 is 1.86 bits per heavy atom. The zero-order valence-corrected chi connectivity index (χ0v) is 16.1. The van der Waals surface area contributed by atoms with Crippen LogP contribution in [0.1, 0.15) is 16.7 Å². The molecule has 5 rings (SSSR count). The Labute approximate surface area is 169 Å². The summed E-state index contributed by atoms with van der Waals surface area (Å²) in [5.74, 6) is 0.937. The van der Waals surface area contributed by atoms with Gasteiger partial charge in [0.15, 0.2) is 0 Å². The number of carbonyl (C=O) groups excluding carboxylic acids is 1. The Bertz CT molecular complexity index is 1180. The fourth-order valence-electron chi connectivity index (χ4n) is 3.94. The smallest absolute Gasteiger partial charge is 0.228 e. The molecule has 0 saturated carbocycles. The van der Waals surface area contributed by atoms with E-state index in [-0.39, 0.29) is 5.91 Å². The van der Waals surface area contributed by atoms with Crippen molar-refractivity contribution in [2.45, 2.75) is 19.4 Å². The first kappa shape index (κ1) is 17.6. The Balaban J connectivity index is 1.29. The summed E-state index contributed by atoms with van der Waals surface area (Å²) in [6, 6.07) is 24.6. The van der Waals surface area contributed by atoms with E-state index in [9.17, 15) is 4.79 Å². The van der Waals surface area contributed by atoms with Crippen LogP contribution in [-0.4, -0.2) is 17.1 Å². The average molecular weight is 382 g/mol. The van der Waals surface area contributed by atoms with Crippen LogP contribution in [0.4, 0.5) is 5.69 Å². The average Bonchev–Trinajstić information content (AvgIpc) is 3.35. The summed E-state index contributed by atoms with van der Waals surface area (Å²) in [5.41, 5.74) is 5.45. The van der Waals surface area contributed by atoms with Crippen molar-refractivity contribution in [3.63, 3.8) is 0 Å². The minimum absolute atomic E-state index is 0.00747. The molecule has 29 heavy (non-hydrogen) atoms. The molecule has 1 aliphatic rings. The molecule has 3 aromatic carbocycles. The number of nitrogens with zero attached hydrogens (tertiary/aromatic N) is 1. The van der Waals surface area contributed by atoms with E-state index in [1.165, 1.54) is 11.1 Å². The first-order chi connectivity index (χ1) is 14.2. The standard InChI is InChI=1S/C25H22N2O2/c28-25(15-19-6-9-24-21(14-19)11-13-29-24)26-22-7-8-23-20(16-22)10-12-27(23)17-18-4-2-1-3-5-18/h1-10,12,14,16H,11,13,15,17H2,(H,26,28). The van der Waals surface area contributed by atoms with Gasteiger partial charge in [0.1, 0.15) is 5.75 Å². The number of amides is 1. The van der Waals surface area contributed by atoms with Crippen molar-refractivity contribution in [3.05, 3.63) is 95.7 Å². The highest BCUT2D eigenvalue weighted by molar-refractivity contribution is 5.95. The van der Waals surface area contributed by atoms with E-state index in [0.717, 1.165) is 47.5 Å². The van der Waals surface area contributed by atoms with Gasteiger partial charge in [-0.2, -0.15) is 0 Å². The molecule has 0 unspecified atom stereocenters. The lowest BCUT2D eigenvalue weighted by atomic mass is 10.1. The molecule has 4 aromatic rings. The van der Waals surface area contributed by atoms with Crippen LogP contribution in [0.25, 0.3) is 10.9 Å². The molecule has 1 N–H and O–H groups in total. The van der Waals surface area contributed by atoms with Crippen LogP contribution in [0.2, 0.25) is 0 Å². The largest absolute Gasteiger partial charge is 0.493 e. The van der Waals surface area contributed by atoms with Crippen molar-refractivity contribution >= 4 is 22.5 Å².